The average Bonchev–Trinajstić information content (AvgIpc) is 2.40. The molecule has 5 heteroatoms. The van der Waals surface area contributed by atoms with Gasteiger partial charge in [0.2, 0.25) is 0 Å². The lowest BCUT2D eigenvalue weighted by Crippen LogP contribution is -2.34. The Bertz CT molecular complexity index is 425. The molecule has 0 atom stereocenters. The van der Waals surface area contributed by atoms with Gasteiger partial charge in [-0.3, -0.25) is 0 Å². The number of methoxy groups -OCH3 is 1. The fourth-order valence-electron chi connectivity index (χ4n) is 1.93. The van der Waals surface area contributed by atoms with Crippen LogP contribution in [0.5, 0.6) is 11.5 Å². The van der Waals surface area contributed by atoms with Crippen molar-refractivity contribution in [1.82, 2.24) is 5.32 Å². The van der Waals surface area contributed by atoms with Gasteiger partial charge in [-0.05, 0) is 38.1 Å². The number of rotatable bonds is 3. The van der Waals surface area contributed by atoms with E-state index in [1.165, 1.54) is 0 Å². The molecule has 0 bridgehead atoms. The van der Waals surface area contributed by atoms with Crippen LogP contribution in [0.25, 0.3) is 0 Å². The van der Waals surface area contributed by atoms with Crippen molar-refractivity contribution >= 4 is 12.4 Å². The summed E-state index contributed by atoms with van der Waals surface area (Å²) < 4.78 is 11.1. The molecule has 1 aromatic carbocycles. The quantitative estimate of drug-likeness (QED) is 0.912. The summed E-state index contributed by atoms with van der Waals surface area (Å²) in [6.07, 6.45) is 2.18. The zero-order chi connectivity index (χ0) is 12.1. The molecule has 1 fully saturated rings. The average molecular weight is 269 g/mol. The fourth-order valence-corrected chi connectivity index (χ4v) is 1.93. The Morgan fingerprint density at radius 3 is 2.61 bits per heavy atom. The number of benzene rings is 1. The topological polar surface area (TPSA) is 54.3 Å². The van der Waals surface area contributed by atoms with Gasteiger partial charge in [0, 0.05) is 6.07 Å². The molecule has 18 heavy (non-hydrogen) atoms. The highest BCUT2D eigenvalue weighted by molar-refractivity contribution is 5.85. The minimum Gasteiger partial charge on any atom is -0.493 e. The van der Waals surface area contributed by atoms with Crippen LogP contribution in [-0.2, 0) is 0 Å². The zero-order valence-electron chi connectivity index (χ0n) is 10.3. The van der Waals surface area contributed by atoms with Gasteiger partial charge in [0.05, 0.1) is 18.7 Å². The third kappa shape index (κ3) is 3.52. The Kier molecular flexibility index (Phi) is 5.76. The molecule has 4 nitrogen and oxygen atoms in total. The van der Waals surface area contributed by atoms with Gasteiger partial charge >= 0.3 is 0 Å². The maximum atomic E-state index is 8.88. The largest absolute Gasteiger partial charge is 0.493 e. The van der Waals surface area contributed by atoms with Crippen LogP contribution in [0.15, 0.2) is 18.2 Å². The van der Waals surface area contributed by atoms with Gasteiger partial charge in [0.1, 0.15) is 6.10 Å². The molecule has 2 rings (SSSR count). The number of halogens is 1. The second-order valence-electron chi connectivity index (χ2n) is 4.04. The molecule has 0 aromatic heterocycles. The molecule has 0 spiro atoms. The van der Waals surface area contributed by atoms with Crippen molar-refractivity contribution in [2.24, 2.45) is 0 Å². The van der Waals surface area contributed by atoms with Crippen molar-refractivity contribution in [3.05, 3.63) is 23.8 Å². The molecule has 0 unspecified atom stereocenters. The third-order valence-electron chi connectivity index (χ3n) is 2.87. The lowest BCUT2D eigenvalue weighted by atomic mass is 10.1. The monoisotopic (exact) mass is 268 g/mol. The number of piperidine rings is 1. The Balaban J connectivity index is 0.00000162. The first kappa shape index (κ1) is 14.6. The number of nitrogens with zero attached hydrogens (tertiary/aromatic N) is 1. The zero-order valence-corrected chi connectivity index (χ0v) is 11.1. The van der Waals surface area contributed by atoms with Crippen LogP contribution in [0.1, 0.15) is 18.4 Å². The molecule has 0 amide bonds. The molecule has 1 aromatic rings. The van der Waals surface area contributed by atoms with Gasteiger partial charge in [-0.15, -0.1) is 12.4 Å². The second kappa shape index (κ2) is 7.10. The van der Waals surface area contributed by atoms with E-state index < -0.39 is 0 Å². The lowest BCUT2D eigenvalue weighted by molar-refractivity contribution is 0.156. The molecule has 0 radical (unpaired) electrons. The van der Waals surface area contributed by atoms with E-state index in [1.807, 2.05) is 0 Å². The number of nitriles is 1. The number of hydrogen-bond acceptors (Lipinski definition) is 4. The van der Waals surface area contributed by atoms with E-state index in [0.717, 1.165) is 25.9 Å². The van der Waals surface area contributed by atoms with Gasteiger partial charge in [0.15, 0.2) is 11.5 Å². The summed E-state index contributed by atoms with van der Waals surface area (Å²) in [5.74, 6) is 1.35. The molecule has 98 valence electrons. The molecule has 1 N–H and O–H groups in total. The van der Waals surface area contributed by atoms with Crippen molar-refractivity contribution in [2.75, 3.05) is 20.2 Å². The van der Waals surface area contributed by atoms with Crippen LogP contribution in [0.4, 0.5) is 0 Å². The highest BCUT2D eigenvalue weighted by atomic mass is 35.5. The molecule has 1 saturated heterocycles. The van der Waals surface area contributed by atoms with Gasteiger partial charge in [-0.25, -0.2) is 0 Å². The van der Waals surface area contributed by atoms with Gasteiger partial charge < -0.3 is 14.8 Å². The van der Waals surface area contributed by atoms with Crippen LogP contribution < -0.4 is 14.8 Å². The van der Waals surface area contributed by atoms with E-state index in [9.17, 15) is 0 Å². The predicted molar refractivity (Wildman–Crippen MR) is 71.5 cm³/mol. The molecule has 1 heterocycles. The molecule has 0 aliphatic carbocycles. The van der Waals surface area contributed by atoms with Crippen molar-refractivity contribution in [1.29, 1.82) is 5.26 Å². The highest BCUT2D eigenvalue weighted by Gasteiger charge is 2.16. The Labute approximate surface area is 113 Å². The van der Waals surface area contributed by atoms with Gasteiger partial charge in [-0.2, -0.15) is 5.26 Å². The van der Waals surface area contributed by atoms with E-state index in [0.29, 0.717) is 17.1 Å². The summed E-state index contributed by atoms with van der Waals surface area (Å²) in [7, 11) is 1.61. The Hall–Kier alpha value is -1.44. The Morgan fingerprint density at radius 2 is 2.00 bits per heavy atom. The van der Waals surface area contributed by atoms with E-state index in [2.05, 4.69) is 11.4 Å². The van der Waals surface area contributed by atoms with E-state index in [4.69, 9.17) is 14.7 Å². The van der Waals surface area contributed by atoms with Crippen LogP contribution in [-0.4, -0.2) is 26.3 Å². The highest BCUT2D eigenvalue weighted by Crippen LogP contribution is 2.29. The maximum Gasteiger partial charge on any atom is 0.162 e. The van der Waals surface area contributed by atoms with E-state index in [1.54, 1.807) is 25.3 Å². The van der Waals surface area contributed by atoms with Gasteiger partial charge in [0.25, 0.3) is 0 Å². The predicted octanol–water partition coefficient (Wildman–Crippen LogP) is 2.12. The fraction of sp³-hybridized carbons (Fsp3) is 0.462. The van der Waals surface area contributed by atoms with Crippen LogP contribution in [0, 0.1) is 11.3 Å². The number of hydrogen-bond donors (Lipinski definition) is 1. The lowest BCUT2D eigenvalue weighted by Gasteiger charge is -2.24. The van der Waals surface area contributed by atoms with Crippen LogP contribution in [0.3, 0.4) is 0 Å². The minimum absolute atomic E-state index is 0. The van der Waals surface area contributed by atoms with E-state index >= 15 is 0 Å². The molecular weight excluding hydrogens is 252 g/mol. The summed E-state index contributed by atoms with van der Waals surface area (Å²) in [6.45, 7) is 1.95. The number of nitrogens with one attached hydrogen (secondary N) is 1. The molecule has 1 aliphatic rings. The van der Waals surface area contributed by atoms with Gasteiger partial charge in [-0.1, -0.05) is 0 Å². The van der Waals surface area contributed by atoms with Crippen molar-refractivity contribution in [3.63, 3.8) is 0 Å². The normalized spacial score (nSPS) is 15.3. The maximum absolute atomic E-state index is 8.88. The minimum atomic E-state index is 0. The summed E-state index contributed by atoms with van der Waals surface area (Å²) in [6, 6.07) is 7.35. The summed E-state index contributed by atoms with van der Waals surface area (Å²) >= 11 is 0. The summed E-state index contributed by atoms with van der Waals surface area (Å²) in [5, 5.41) is 12.2. The van der Waals surface area contributed by atoms with Crippen molar-refractivity contribution in [3.8, 4) is 17.6 Å². The molecular formula is C13H17ClN2O2. The van der Waals surface area contributed by atoms with Crippen LogP contribution in [0.2, 0.25) is 0 Å². The SMILES string of the molecule is COc1ccc(C#N)cc1OC1CCNCC1.Cl. The standard InChI is InChI=1S/C13H16N2O2.ClH/c1-16-12-3-2-10(9-14)8-13(12)17-11-4-6-15-7-5-11;/h2-3,8,11,15H,4-7H2,1H3;1H. The second-order valence-corrected chi connectivity index (χ2v) is 4.04. The smallest absolute Gasteiger partial charge is 0.162 e. The number of ether oxygens (including phenoxy) is 2. The third-order valence-corrected chi connectivity index (χ3v) is 2.87. The van der Waals surface area contributed by atoms with E-state index in [-0.39, 0.29) is 18.5 Å². The first-order valence-corrected chi connectivity index (χ1v) is 5.79. The Morgan fingerprint density at radius 1 is 1.28 bits per heavy atom. The first-order chi connectivity index (χ1) is 8.33. The molecule has 0 saturated carbocycles. The first-order valence-electron chi connectivity index (χ1n) is 5.79. The summed E-state index contributed by atoms with van der Waals surface area (Å²) in [4.78, 5) is 0. The molecule has 1 aliphatic heterocycles. The van der Waals surface area contributed by atoms with Crippen LogP contribution >= 0.6 is 12.4 Å². The van der Waals surface area contributed by atoms with Crippen molar-refractivity contribution in [2.45, 2.75) is 18.9 Å². The van der Waals surface area contributed by atoms with Crippen molar-refractivity contribution < 1.29 is 9.47 Å². The summed E-state index contributed by atoms with van der Waals surface area (Å²) in [5.41, 5.74) is 0.592.